The Morgan fingerprint density at radius 2 is 1.92 bits per heavy atom. The highest BCUT2D eigenvalue weighted by molar-refractivity contribution is 7.71. The largest absolute Gasteiger partial charge is 0.450 e. The van der Waals surface area contributed by atoms with Gasteiger partial charge < -0.3 is 19.5 Å². The van der Waals surface area contributed by atoms with E-state index < -0.39 is 37.1 Å². The van der Waals surface area contributed by atoms with Crippen molar-refractivity contribution in [1.82, 2.24) is 19.9 Å². The van der Waals surface area contributed by atoms with Crippen LogP contribution in [0.3, 0.4) is 0 Å². The van der Waals surface area contributed by atoms with Crippen molar-refractivity contribution < 1.29 is 27.3 Å². The summed E-state index contributed by atoms with van der Waals surface area (Å²) >= 11 is 0. The lowest BCUT2D eigenvalue weighted by Gasteiger charge is -2.31. The number of alkyl halides is 2. The third-order valence-corrected chi connectivity index (χ3v) is 9.12. The number of hydrogen-bond donors (Lipinski definition) is 1. The molecule has 0 saturated carbocycles. The Balaban J connectivity index is 1.64. The van der Waals surface area contributed by atoms with Crippen molar-refractivity contribution >= 4 is 35.4 Å². The van der Waals surface area contributed by atoms with Gasteiger partial charge in [0.15, 0.2) is 0 Å². The van der Waals surface area contributed by atoms with Gasteiger partial charge in [0.2, 0.25) is 0 Å². The van der Waals surface area contributed by atoms with Crippen molar-refractivity contribution in [2.75, 3.05) is 37.3 Å². The Labute approximate surface area is 206 Å². The summed E-state index contributed by atoms with van der Waals surface area (Å²) in [5.74, 6) is -0.182. The van der Waals surface area contributed by atoms with Crippen LogP contribution in [0, 0.1) is 12.7 Å². The van der Waals surface area contributed by atoms with Gasteiger partial charge in [-0.05, 0) is 26.8 Å². The minimum atomic E-state index is -2.93. The molecule has 1 amide bonds. The van der Waals surface area contributed by atoms with Crippen molar-refractivity contribution in [3.8, 4) is 0 Å². The number of carbonyl (C=O) groups excluding carboxylic acids is 1. The average molecular weight is 521 g/mol. The maximum atomic E-state index is 14.7. The molecule has 1 saturated heterocycles. The van der Waals surface area contributed by atoms with Crippen LogP contribution in [0.2, 0.25) is 0 Å². The highest BCUT2D eigenvalue weighted by Crippen LogP contribution is 2.46. The molecule has 1 aromatic carbocycles. The highest BCUT2D eigenvalue weighted by atomic mass is 31.2. The van der Waals surface area contributed by atoms with Crippen molar-refractivity contribution in [3.05, 3.63) is 53.2 Å². The third kappa shape index (κ3) is 5.16. The zero-order valence-corrected chi connectivity index (χ0v) is 21.1. The number of fused-ring (bicyclic) bond motifs is 1. The van der Waals surface area contributed by atoms with Crippen molar-refractivity contribution in [2.24, 2.45) is 0 Å². The van der Waals surface area contributed by atoms with E-state index in [-0.39, 0.29) is 24.5 Å². The van der Waals surface area contributed by atoms with Gasteiger partial charge in [0, 0.05) is 36.4 Å². The topological polar surface area (TPSA) is 97.3 Å². The number of ether oxygens (including phenoxy) is 1. The Morgan fingerprint density at radius 3 is 2.58 bits per heavy atom. The van der Waals surface area contributed by atoms with Crippen molar-refractivity contribution in [3.63, 3.8) is 0 Å². The first-order chi connectivity index (χ1) is 17.1. The molecule has 0 unspecified atom stereocenters. The van der Waals surface area contributed by atoms with Crippen LogP contribution in [0.5, 0.6) is 0 Å². The second-order valence-corrected chi connectivity index (χ2v) is 11.8. The lowest BCUT2D eigenvalue weighted by Crippen LogP contribution is -2.41. The molecule has 8 nitrogen and oxygen atoms in total. The molecular formula is C24H27F3N5O3P. The molecule has 0 bridgehead atoms. The Hall–Kier alpha value is -3.20. The number of benzene rings is 1. The predicted octanol–water partition coefficient (Wildman–Crippen LogP) is 5.04. The van der Waals surface area contributed by atoms with E-state index in [1.165, 1.54) is 23.2 Å². The molecule has 0 radical (unpaired) electrons. The maximum Gasteiger partial charge on any atom is 0.409 e. The number of nitrogens with one attached hydrogen (secondary N) is 1. The van der Waals surface area contributed by atoms with Gasteiger partial charge in [-0.3, -0.25) is 4.98 Å². The maximum absolute atomic E-state index is 14.7. The molecule has 1 atom stereocenters. The lowest BCUT2D eigenvalue weighted by molar-refractivity contribution is 0.110. The van der Waals surface area contributed by atoms with Crippen LogP contribution in [-0.2, 0) is 9.30 Å². The summed E-state index contributed by atoms with van der Waals surface area (Å²) in [5.41, 5.74) is 0.307. The van der Waals surface area contributed by atoms with E-state index in [4.69, 9.17) is 4.74 Å². The van der Waals surface area contributed by atoms with Gasteiger partial charge in [0.1, 0.15) is 30.0 Å². The second kappa shape index (κ2) is 10.4. The molecule has 1 aliphatic heterocycles. The first-order valence-electron chi connectivity index (χ1n) is 11.6. The fourth-order valence-corrected chi connectivity index (χ4v) is 6.68. The number of carbonyl (C=O) groups is 1. The van der Waals surface area contributed by atoms with E-state index in [0.717, 1.165) is 6.07 Å². The minimum absolute atomic E-state index is 0.0747. The average Bonchev–Trinajstić information content (AvgIpc) is 2.84. The molecule has 2 aromatic heterocycles. The number of amides is 1. The highest BCUT2D eigenvalue weighted by Gasteiger charge is 2.34. The molecule has 1 N–H and O–H groups in total. The number of rotatable bonds is 6. The van der Waals surface area contributed by atoms with Crippen LogP contribution >= 0.6 is 7.14 Å². The van der Waals surface area contributed by atoms with E-state index in [2.05, 4.69) is 20.3 Å². The number of anilines is 1. The molecule has 1 fully saturated rings. The predicted molar refractivity (Wildman–Crippen MR) is 131 cm³/mol. The van der Waals surface area contributed by atoms with Crippen LogP contribution in [0.1, 0.15) is 43.3 Å². The summed E-state index contributed by atoms with van der Waals surface area (Å²) in [6, 6.07) is 4.86. The van der Waals surface area contributed by atoms with Gasteiger partial charge in [0.05, 0.1) is 29.9 Å². The molecule has 192 valence electrons. The zero-order chi connectivity index (χ0) is 26.0. The number of pyridine rings is 1. The van der Waals surface area contributed by atoms with Crippen LogP contribution in [0.25, 0.3) is 10.9 Å². The number of aromatic nitrogens is 3. The van der Waals surface area contributed by atoms with Crippen LogP contribution in [-0.4, -0.2) is 58.0 Å². The van der Waals surface area contributed by atoms with E-state index in [1.807, 2.05) is 0 Å². The third-order valence-electron chi connectivity index (χ3n) is 6.20. The normalized spacial score (nSPS) is 16.2. The minimum Gasteiger partial charge on any atom is -0.450 e. The van der Waals surface area contributed by atoms with Crippen molar-refractivity contribution in [2.45, 2.75) is 33.2 Å². The fraction of sp³-hybridized carbons (Fsp3) is 0.417. The van der Waals surface area contributed by atoms with Gasteiger partial charge >= 0.3 is 6.09 Å². The van der Waals surface area contributed by atoms with E-state index in [9.17, 15) is 22.5 Å². The summed E-state index contributed by atoms with van der Waals surface area (Å²) in [7, 11) is -2.90. The Bertz CT molecular complexity index is 1330. The zero-order valence-electron chi connectivity index (χ0n) is 20.2. The number of aryl methyl sites for hydroxylation is 1. The number of nitrogens with zero attached hydrogens (tertiary/aromatic N) is 4. The SMILES string of the molecule is CCOC(=O)N1CCP(=O)(c2cc3c(N[C@H](C)c4cccc(C(F)F)c4F)nc(C)nc3cn2)CC1. The molecule has 12 heteroatoms. The van der Waals surface area contributed by atoms with Gasteiger partial charge in [-0.2, -0.15) is 0 Å². The summed E-state index contributed by atoms with van der Waals surface area (Å²) in [4.78, 5) is 26.8. The summed E-state index contributed by atoms with van der Waals surface area (Å²) in [6.07, 6.45) is -1.31. The summed E-state index contributed by atoms with van der Waals surface area (Å²) < 4.78 is 59.9. The fourth-order valence-electron chi connectivity index (χ4n) is 4.24. The Kier molecular flexibility index (Phi) is 7.49. The van der Waals surface area contributed by atoms with Crippen LogP contribution in [0.4, 0.5) is 23.8 Å². The van der Waals surface area contributed by atoms with Crippen LogP contribution in [0.15, 0.2) is 30.5 Å². The summed E-state index contributed by atoms with van der Waals surface area (Å²) in [5, 5.41) is 3.64. The molecule has 3 heterocycles. The molecule has 0 spiro atoms. The molecule has 1 aliphatic rings. The molecule has 4 rings (SSSR count). The molecule has 0 aliphatic carbocycles. The quantitative estimate of drug-likeness (QED) is 0.454. The van der Waals surface area contributed by atoms with Crippen LogP contribution < -0.4 is 10.8 Å². The van der Waals surface area contributed by atoms with Gasteiger partial charge in [-0.15, -0.1) is 0 Å². The smallest absolute Gasteiger partial charge is 0.409 e. The number of halogens is 3. The summed E-state index contributed by atoms with van der Waals surface area (Å²) in [6.45, 7) is 5.92. The Morgan fingerprint density at radius 1 is 1.22 bits per heavy atom. The first kappa shape index (κ1) is 25.9. The lowest BCUT2D eigenvalue weighted by atomic mass is 10.0. The number of hydrogen-bond acceptors (Lipinski definition) is 7. The molecule has 3 aromatic rings. The van der Waals surface area contributed by atoms with E-state index >= 15 is 0 Å². The van der Waals surface area contributed by atoms with Gasteiger partial charge in [-0.1, -0.05) is 18.2 Å². The van der Waals surface area contributed by atoms with Gasteiger partial charge in [0.25, 0.3) is 6.43 Å². The first-order valence-corrected chi connectivity index (χ1v) is 13.7. The van der Waals surface area contributed by atoms with Gasteiger partial charge in [-0.25, -0.2) is 27.9 Å². The molecule has 36 heavy (non-hydrogen) atoms. The second-order valence-electron chi connectivity index (χ2n) is 8.62. The molecular weight excluding hydrogens is 494 g/mol. The van der Waals surface area contributed by atoms with Crippen molar-refractivity contribution in [1.29, 1.82) is 0 Å². The van der Waals surface area contributed by atoms with E-state index in [0.29, 0.717) is 41.1 Å². The standard InChI is InChI=1S/C24H27F3N5O3P/c1-4-35-24(33)32-8-10-36(34,11-9-32)20-12-18-19(13-28-20)30-15(3)31-23(18)29-14(2)16-6-5-7-17(21(16)25)22(26)27/h5-7,12-14,22H,4,8-11H2,1-3H3,(H,29,30,31)/t14-/m1/s1. The van der Waals surface area contributed by atoms with E-state index in [1.54, 1.807) is 26.8 Å². The monoisotopic (exact) mass is 521 g/mol.